The van der Waals surface area contributed by atoms with Gasteiger partial charge in [-0.15, -0.1) is 0 Å². The lowest BCUT2D eigenvalue weighted by molar-refractivity contribution is 0.0707. The first-order valence-electron chi connectivity index (χ1n) is 5.66. The van der Waals surface area contributed by atoms with E-state index in [1.54, 1.807) is 0 Å². The zero-order valence-electron chi connectivity index (χ0n) is 9.79. The highest BCUT2D eigenvalue weighted by atomic mass is 16.2. The molecule has 2 heterocycles. The van der Waals surface area contributed by atoms with Gasteiger partial charge < -0.3 is 10.6 Å². The lowest BCUT2D eigenvalue weighted by Gasteiger charge is -2.30. The number of carbonyl (C=O) groups excluding carboxylic acids is 1. The molecule has 0 aliphatic carbocycles. The second-order valence-corrected chi connectivity index (χ2v) is 4.46. The summed E-state index contributed by atoms with van der Waals surface area (Å²) in [4.78, 5) is 14.1. The molecule has 0 unspecified atom stereocenters. The van der Waals surface area contributed by atoms with Crippen molar-refractivity contribution in [3.8, 4) is 0 Å². The van der Waals surface area contributed by atoms with Crippen molar-refractivity contribution in [2.75, 3.05) is 13.1 Å². The van der Waals surface area contributed by atoms with Crippen LogP contribution in [0.3, 0.4) is 0 Å². The van der Waals surface area contributed by atoms with E-state index in [4.69, 9.17) is 5.73 Å². The second-order valence-electron chi connectivity index (χ2n) is 4.46. The molecule has 1 saturated heterocycles. The molecule has 1 aliphatic heterocycles. The number of rotatable bonds is 1. The van der Waals surface area contributed by atoms with Crippen LogP contribution in [0.2, 0.25) is 0 Å². The highest BCUT2D eigenvalue weighted by Crippen LogP contribution is 2.16. The number of H-pyrrole nitrogens is 1. The molecule has 1 aromatic heterocycles. The van der Waals surface area contributed by atoms with E-state index in [2.05, 4.69) is 10.2 Å². The van der Waals surface area contributed by atoms with E-state index in [1.807, 2.05) is 18.7 Å². The Bertz CT molecular complexity index is 379. The van der Waals surface area contributed by atoms with Gasteiger partial charge in [0.2, 0.25) is 0 Å². The van der Waals surface area contributed by atoms with E-state index in [0.717, 1.165) is 30.8 Å². The van der Waals surface area contributed by atoms with Crippen LogP contribution in [0, 0.1) is 13.8 Å². The minimum Gasteiger partial charge on any atom is -0.337 e. The van der Waals surface area contributed by atoms with Crippen LogP contribution in [-0.4, -0.2) is 40.1 Å². The Morgan fingerprint density at radius 3 is 2.88 bits per heavy atom. The zero-order valence-corrected chi connectivity index (χ0v) is 9.79. The molecule has 1 aliphatic rings. The normalized spacial score (nSPS) is 21.2. The third kappa shape index (κ3) is 1.95. The average Bonchev–Trinajstić information content (AvgIpc) is 2.58. The minimum atomic E-state index is 0.0545. The molecular formula is C11H18N4O. The Hall–Kier alpha value is -1.36. The number of nitrogens with zero attached hydrogens (tertiary/aromatic N) is 2. The Labute approximate surface area is 95.0 Å². The number of amides is 1. The Morgan fingerprint density at radius 2 is 2.31 bits per heavy atom. The molecule has 0 radical (unpaired) electrons. The number of nitrogens with two attached hydrogens (primary N) is 1. The van der Waals surface area contributed by atoms with E-state index < -0.39 is 0 Å². The van der Waals surface area contributed by atoms with Crippen LogP contribution < -0.4 is 5.73 Å². The van der Waals surface area contributed by atoms with Crippen molar-refractivity contribution in [2.45, 2.75) is 32.7 Å². The predicted molar refractivity (Wildman–Crippen MR) is 61.2 cm³/mol. The number of aromatic amines is 1. The summed E-state index contributed by atoms with van der Waals surface area (Å²) in [5, 5.41) is 6.89. The fourth-order valence-corrected chi connectivity index (χ4v) is 2.22. The van der Waals surface area contributed by atoms with Crippen LogP contribution in [0.25, 0.3) is 0 Å². The number of aromatic nitrogens is 2. The molecule has 0 bridgehead atoms. The number of likely N-dealkylation sites (tertiary alicyclic amines) is 1. The molecule has 5 heteroatoms. The smallest absolute Gasteiger partial charge is 0.257 e. The summed E-state index contributed by atoms with van der Waals surface area (Å²) in [6.07, 6.45) is 2.00. The number of piperidine rings is 1. The summed E-state index contributed by atoms with van der Waals surface area (Å²) in [5.41, 5.74) is 8.18. The van der Waals surface area contributed by atoms with E-state index >= 15 is 0 Å². The minimum absolute atomic E-state index is 0.0545. The lowest BCUT2D eigenvalue weighted by Crippen LogP contribution is -2.45. The summed E-state index contributed by atoms with van der Waals surface area (Å²) < 4.78 is 0. The van der Waals surface area contributed by atoms with Crippen LogP contribution in [0.1, 0.15) is 34.6 Å². The summed E-state index contributed by atoms with van der Waals surface area (Å²) >= 11 is 0. The second kappa shape index (κ2) is 4.25. The number of hydrogen-bond acceptors (Lipinski definition) is 3. The number of hydrogen-bond donors (Lipinski definition) is 2. The molecule has 0 aromatic carbocycles. The molecule has 2 rings (SSSR count). The number of carbonyl (C=O) groups is 1. The Balaban J connectivity index is 2.18. The standard InChI is InChI=1S/C11H18N4O/c1-7-10(8(2)14-13-7)11(16)15-5-3-4-9(12)6-15/h9H,3-6,12H2,1-2H3,(H,13,14)/t9-/m1/s1. The van der Waals surface area contributed by atoms with Crippen molar-refractivity contribution in [2.24, 2.45) is 5.73 Å². The van der Waals surface area contributed by atoms with Gasteiger partial charge in [-0.05, 0) is 26.7 Å². The van der Waals surface area contributed by atoms with Crippen molar-refractivity contribution in [1.82, 2.24) is 15.1 Å². The first-order chi connectivity index (χ1) is 7.59. The number of nitrogens with one attached hydrogen (secondary N) is 1. The van der Waals surface area contributed by atoms with Crippen molar-refractivity contribution >= 4 is 5.91 Å². The summed E-state index contributed by atoms with van der Waals surface area (Å²) in [6, 6.07) is 0.116. The van der Waals surface area contributed by atoms with Crippen LogP contribution in [0.15, 0.2) is 0 Å². The van der Waals surface area contributed by atoms with Gasteiger partial charge in [0.1, 0.15) is 0 Å². The van der Waals surface area contributed by atoms with Gasteiger partial charge in [-0.2, -0.15) is 5.10 Å². The van der Waals surface area contributed by atoms with Crippen LogP contribution in [0.4, 0.5) is 0 Å². The Morgan fingerprint density at radius 1 is 1.56 bits per heavy atom. The highest BCUT2D eigenvalue weighted by molar-refractivity contribution is 5.96. The van der Waals surface area contributed by atoms with Gasteiger partial charge in [0, 0.05) is 24.8 Å². The molecule has 5 nitrogen and oxygen atoms in total. The fraction of sp³-hybridized carbons (Fsp3) is 0.636. The monoisotopic (exact) mass is 222 g/mol. The highest BCUT2D eigenvalue weighted by Gasteiger charge is 2.25. The van der Waals surface area contributed by atoms with Crippen molar-refractivity contribution in [1.29, 1.82) is 0 Å². The van der Waals surface area contributed by atoms with Crippen molar-refractivity contribution in [3.05, 3.63) is 17.0 Å². The van der Waals surface area contributed by atoms with Gasteiger partial charge in [0.25, 0.3) is 5.91 Å². The quantitative estimate of drug-likeness (QED) is 0.730. The lowest BCUT2D eigenvalue weighted by atomic mass is 10.0. The Kier molecular flexibility index (Phi) is 2.96. The molecule has 0 spiro atoms. The topological polar surface area (TPSA) is 75.0 Å². The van der Waals surface area contributed by atoms with Crippen LogP contribution >= 0.6 is 0 Å². The zero-order chi connectivity index (χ0) is 11.7. The maximum absolute atomic E-state index is 12.3. The molecular weight excluding hydrogens is 204 g/mol. The summed E-state index contributed by atoms with van der Waals surface area (Å²) in [6.45, 7) is 5.18. The molecule has 1 aromatic rings. The van der Waals surface area contributed by atoms with Crippen LogP contribution in [0.5, 0.6) is 0 Å². The van der Waals surface area contributed by atoms with E-state index in [0.29, 0.717) is 12.1 Å². The SMILES string of the molecule is Cc1n[nH]c(C)c1C(=O)N1CCC[C@@H](N)C1. The van der Waals surface area contributed by atoms with E-state index in [9.17, 15) is 4.79 Å². The maximum atomic E-state index is 12.3. The van der Waals surface area contributed by atoms with Gasteiger partial charge in [-0.1, -0.05) is 0 Å². The third-order valence-electron chi connectivity index (χ3n) is 3.09. The van der Waals surface area contributed by atoms with Gasteiger partial charge in [-0.25, -0.2) is 0 Å². The van der Waals surface area contributed by atoms with Gasteiger partial charge in [-0.3, -0.25) is 9.89 Å². The molecule has 3 N–H and O–H groups in total. The van der Waals surface area contributed by atoms with E-state index in [-0.39, 0.29) is 11.9 Å². The van der Waals surface area contributed by atoms with Crippen LogP contribution in [-0.2, 0) is 0 Å². The maximum Gasteiger partial charge on any atom is 0.257 e. The predicted octanol–water partition coefficient (Wildman–Crippen LogP) is 0.590. The summed E-state index contributed by atoms with van der Waals surface area (Å²) in [5.74, 6) is 0.0545. The summed E-state index contributed by atoms with van der Waals surface area (Å²) in [7, 11) is 0. The first kappa shape index (κ1) is 11.1. The fourth-order valence-electron chi connectivity index (χ4n) is 2.22. The average molecular weight is 222 g/mol. The third-order valence-corrected chi connectivity index (χ3v) is 3.09. The van der Waals surface area contributed by atoms with Gasteiger partial charge in [0.15, 0.2) is 0 Å². The van der Waals surface area contributed by atoms with Gasteiger partial charge >= 0.3 is 0 Å². The molecule has 16 heavy (non-hydrogen) atoms. The van der Waals surface area contributed by atoms with E-state index in [1.165, 1.54) is 0 Å². The van der Waals surface area contributed by atoms with Crippen molar-refractivity contribution < 1.29 is 4.79 Å². The first-order valence-corrected chi connectivity index (χ1v) is 5.66. The molecule has 1 fully saturated rings. The number of aryl methyl sites for hydroxylation is 2. The van der Waals surface area contributed by atoms with Crippen molar-refractivity contribution in [3.63, 3.8) is 0 Å². The molecule has 1 amide bonds. The molecule has 88 valence electrons. The molecule has 0 saturated carbocycles. The largest absolute Gasteiger partial charge is 0.337 e. The van der Waals surface area contributed by atoms with Gasteiger partial charge in [0.05, 0.1) is 11.3 Å². The molecule has 1 atom stereocenters.